The number of fused-ring (bicyclic) bond motifs is 1. The van der Waals surface area contributed by atoms with Crippen LogP contribution in [0, 0.1) is 6.92 Å². The van der Waals surface area contributed by atoms with Crippen molar-refractivity contribution < 1.29 is 0 Å². The van der Waals surface area contributed by atoms with Crippen LogP contribution in [0.15, 0.2) is 42.5 Å². The summed E-state index contributed by atoms with van der Waals surface area (Å²) >= 11 is 0. The van der Waals surface area contributed by atoms with Crippen molar-refractivity contribution in [1.29, 1.82) is 0 Å². The number of rotatable bonds is 3. The summed E-state index contributed by atoms with van der Waals surface area (Å²) in [6, 6.07) is 14.2. The van der Waals surface area contributed by atoms with Crippen LogP contribution in [-0.4, -0.2) is 9.55 Å². The van der Waals surface area contributed by atoms with Crippen LogP contribution in [0.3, 0.4) is 0 Å². The molecule has 0 fully saturated rings. The molecular weight excluding hydrogens is 248 g/mol. The van der Waals surface area contributed by atoms with E-state index in [1.54, 1.807) is 0 Å². The average molecular weight is 266 g/mol. The second-order valence-corrected chi connectivity index (χ2v) is 5.02. The van der Waals surface area contributed by atoms with Gasteiger partial charge in [-0.25, -0.2) is 4.98 Å². The number of nitrogens with zero attached hydrogens (tertiary/aromatic N) is 2. The predicted molar refractivity (Wildman–Crippen MR) is 83.6 cm³/mol. The number of nitrogen functional groups attached to an aromatic ring is 1. The van der Waals surface area contributed by atoms with Crippen LogP contribution in [0.4, 0.5) is 11.4 Å². The Morgan fingerprint density at radius 1 is 1.15 bits per heavy atom. The normalized spacial score (nSPS) is 10.9. The fourth-order valence-corrected chi connectivity index (χ4v) is 2.27. The summed E-state index contributed by atoms with van der Waals surface area (Å²) in [6.07, 6.45) is 0. The monoisotopic (exact) mass is 266 g/mol. The third-order valence-corrected chi connectivity index (χ3v) is 3.58. The molecule has 0 atom stereocenters. The van der Waals surface area contributed by atoms with E-state index in [1.807, 2.05) is 38.2 Å². The van der Waals surface area contributed by atoms with Crippen molar-refractivity contribution in [2.75, 3.05) is 11.1 Å². The summed E-state index contributed by atoms with van der Waals surface area (Å²) in [6.45, 7) is 2.79. The fraction of sp³-hybridized carbons (Fsp3) is 0.188. The maximum atomic E-state index is 5.68. The molecule has 0 radical (unpaired) electrons. The number of aryl methyl sites for hydroxylation is 2. The Bertz CT molecular complexity index is 741. The lowest BCUT2D eigenvalue weighted by Crippen LogP contribution is -1.99. The molecule has 102 valence electrons. The summed E-state index contributed by atoms with van der Waals surface area (Å²) in [5, 5.41) is 3.41. The summed E-state index contributed by atoms with van der Waals surface area (Å²) in [4.78, 5) is 4.55. The molecule has 4 heteroatoms. The first kappa shape index (κ1) is 12.5. The van der Waals surface area contributed by atoms with E-state index in [0.717, 1.165) is 34.8 Å². The standard InChI is InChI=1S/C16H18N4/c1-11-19-15-9-14(7-8-16(15)20(11)2)18-10-12-3-5-13(17)6-4-12/h3-9,18H,10,17H2,1-2H3. The van der Waals surface area contributed by atoms with Crippen LogP contribution in [0.25, 0.3) is 11.0 Å². The van der Waals surface area contributed by atoms with E-state index in [2.05, 4.69) is 33.1 Å². The van der Waals surface area contributed by atoms with Crippen LogP contribution >= 0.6 is 0 Å². The number of anilines is 2. The molecule has 1 aromatic heterocycles. The Morgan fingerprint density at radius 3 is 2.65 bits per heavy atom. The van der Waals surface area contributed by atoms with Gasteiger partial charge in [0.15, 0.2) is 0 Å². The zero-order valence-electron chi connectivity index (χ0n) is 11.7. The molecule has 0 bridgehead atoms. The second kappa shape index (κ2) is 4.89. The molecule has 0 spiro atoms. The van der Waals surface area contributed by atoms with Crippen molar-refractivity contribution in [3.05, 3.63) is 53.9 Å². The van der Waals surface area contributed by atoms with Gasteiger partial charge in [-0.05, 0) is 42.8 Å². The minimum absolute atomic E-state index is 0.775. The van der Waals surface area contributed by atoms with Crippen molar-refractivity contribution in [2.24, 2.45) is 7.05 Å². The lowest BCUT2D eigenvalue weighted by molar-refractivity contribution is 0.886. The Morgan fingerprint density at radius 2 is 1.90 bits per heavy atom. The minimum Gasteiger partial charge on any atom is -0.399 e. The smallest absolute Gasteiger partial charge is 0.106 e. The molecule has 4 nitrogen and oxygen atoms in total. The maximum absolute atomic E-state index is 5.68. The van der Waals surface area contributed by atoms with Gasteiger partial charge in [0.05, 0.1) is 11.0 Å². The number of benzene rings is 2. The largest absolute Gasteiger partial charge is 0.399 e. The van der Waals surface area contributed by atoms with E-state index in [-0.39, 0.29) is 0 Å². The number of hydrogen-bond donors (Lipinski definition) is 2. The molecule has 3 aromatic rings. The molecule has 0 amide bonds. The van der Waals surface area contributed by atoms with E-state index < -0.39 is 0 Å². The molecule has 0 aliphatic rings. The van der Waals surface area contributed by atoms with Crippen LogP contribution in [-0.2, 0) is 13.6 Å². The lowest BCUT2D eigenvalue weighted by Gasteiger charge is -2.07. The topological polar surface area (TPSA) is 55.9 Å². The summed E-state index contributed by atoms with van der Waals surface area (Å²) < 4.78 is 2.10. The molecule has 2 aromatic carbocycles. The first-order chi connectivity index (χ1) is 9.63. The highest BCUT2D eigenvalue weighted by molar-refractivity contribution is 5.80. The van der Waals surface area contributed by atoms with Crippen molar-refractivity contribution in [2.45, 2.75) is 13.5 Å². The average Bonchev–Trinajstić information content (AvgIpc) is 2.73. The maximum Gasteiger partial charge on any atom is 0.106 e. The Balaban J connectivity index is 1.79. The van der Waals surface area contributed by atoms with Crippen LogP contribution in [0.1, 0.15) is 11.4 Å². The summed E-state index contributed by atoms with van der Waals surface area (Å²) in [5.41, 5.74) is 10.9. The van der Waals surface area contributed by atoms with Gasteiger partial charge < -0.3 is 15.6 Å². The van der Waals surface area contributed by atoms with Gasteiger partial charge in [0.2, 0.25) is 0 Å². The van der Waals surface area contributed by atoms with E-state index >= 15 is 0 Å². The number of hydrogen-bond acceptors (Lipinski definition) is 3. The van der Waals surface area contributed by atoms with Crippen molar-refractivity contribution in [1.82, 2.24) is 9.55 Å². The molecule has 1 heterocycles. The van der Waals surface area contributed by atoms with Crippen LogP contribution < -0.4 is 11.1 Å². The number of nitrogens with two attached hydrogens (primary N) is 1. The fourth-order valence-electron chi connectivity index (χ4n) is 2.27. The zero-order chi connectivity index (χ0) is 14.1. The quantitative estimate of drug-likeness (QED) is 0.716. The number of aromatic nitrogens is 2. The van der Waals surface area contributed by atoms with Gasteiger partial charge >= 0.3 is 0 Å². The molecule has 0 unspecified atom stereocenters. The van der Waals surface area contributed by atoms with Gasteiger partial charge in [-0.3, -0.25) is 0 Å². The molecule has 0 saturated heterocycles. The highest BCUT2D eigenvalue weighted by Crippen LogP contribution is 2.20. The van der Waals surface area contributed by atoms with E-state index in [0.29, 0.717) is 0 Å². The molecular formula is C16H18N4. The first-order valence-corrected chi connectivity index (χ1v) is 6.65. The number of imidazole rings is 1. The summed E-state index contributed by atoms with van der Waals surface area (Å²) in [7, 11) is 2.03. The molecule has 20 heavy (non-hydrogen) atoms. The third kappa shape index (κ3) is 2.32. The van der Waals surface area contributed by atoms with Gasteiger partial charge in [-0.15, -0.1) is 0 Å². The van der Waals surface area contributed by atoms with Crippen molar-refractivity contribution >= 4 is 22.4 Å². The highest BCUT2D eigenvalue weighted by atomic mass is 15.0. The van der Waals surface area contributed by atoms with Gasteiger partial charge in [0, 0.05) is 25.0 Å². The SMILES string of the molecule is Cc1nc2cc(NCc3ccc(N)cc3)ccc2n1C. The Hall–Kier alpha value is -2.49. The third-order valence-electron chi connectivity index (χ3n) is 3.58. The molecule has 0 aliphatic heterocycles. The highest BCUT2D eigenvalue weighted by Gasteiger charge is 2.04. The van der Waals surface area contributed by atoms with Gasteiger partial charge in [0.25, 0.3) is 0 Å². The van der Waals surface area contributed by atoms with Gasteiger partial charge in [0.1, 0.15) is 5.82 Å². The van der Waals surface area contributed by atoms with Crippen molar-refractivity contribution in [3.8, 4) is 0 Å². The molecule has 0 aliphatic carbocycles. The van der Waals surface area contributed by atoms with E-state index in [9.17, 15) is 0 Å². The lowest BCUT2D eigenvalue weighted by atomic mass is 10.2. The van der Waals surface area contributed by atoms with Gasteiger partial charge in [-0.1, -0.05) is 12.1 Å². The summed E-state index contributed by atoms with van der Waals surface area (Å²) in [5.74, 6) is 1.02. The van der Waals surface area contributed by atoms with Gasteiger partial charge in [-0.2, -0.15) is 0 Å². The molecule has 3 rings (SSSR count). The Kier molecular flexibility index (Phi) is 3.06. The molecule has 0 saturated carbocycles. The number of nitrogens with one attached hydrogen (secondary N) is 1. The predicted octanol–water partition coefficient (Wildman–Crippen LogP) is 3.08. The van der Waals surface area contributed by atoms with Crippen LogP contribution in [0.5, 0.6) is 0 Å². The van der Waals surface area contributed by atoms with E-state index in [1.165, 1.54) is 5.56 Å². The Labute approximate surface area is 118 Å². The van der Waals surface area contributed by atoms with E-state index in [4.69, 9.17) is 5.73 Å². The minimum atomic E-state index is 0.775. The zero-order valence-corrected chi connectivity index (χ0v) is 11.7. The van der Waals surface area contributed by atoms with Crippen molar-refractivity contribution in [3.63, 3.8) is 0 Å². The second-order valence-electron chi connectivity index (χ2n) is 5.02. The molecule has 3 N–H and O–H groups in total. The first-order valence-electron chi connectivity index (χ1n) is 6.65. The van der Waals surface area contributed by atoms with Crippen LogP contribution in [0.2, 0.25) is 0 Å².